The Balaban J connectivity index is 1.88. The van der Waals surface area contributed by atoms with E-state index in [1.165, 1.54) is 18.2 Å². The number of nitrogens with one attached hydrogen (secondary N) is 1. The molecule has 2 atom stereocenters. The molecule has 2 unspecified atom stereocenters. The van der Waals surface area contributed by atoms with Crippen molar-refractivity contribution in [3.8, 4) is 0 Å². The van der Waals surface area contributed by atoms with Gasteiger partial charge in [0.05, 0.1) is 11.6 Å². The highest BCUT2D eigenvalue weighted by atomic mass is 16.6. The highest BCUT2D eigenvalue weighted by Gasteiger charge is 2.43. The number of fused-ring (bicyclic) bond motifs is 3. The largest absolute Gasteiger partial charge is 0.478 e. The van der Waals surface area contributed by atoms with Gasteiger partial charge in [-0.15, -0.1) is 0 Å². The van der Waals surface area contributed by atoms with Gasteiger partial charge in [-0.1, -0.05) is 0 Å². The molecule has 1 fully saturated rings. The van der Waals surface area contributed by atoms with Gasteiger partial charge in [0.25, 0.3) is 5.91 Å². The van der Waals surface area contributed by atoms with E-state index in [2.05, 4.69) is 5.32 Å². The fraction of sp³-hybridized carbons (Fsp3) is 0.471. The third-order valence-electron chi connectivity index (χ3n) is 4.23. The topological polar surface area (TPSA) is 95.9 Å². The van der Waals surface area contributed by atoms with Crippen molar-refractivity contribution in [2.45, 2.75) is 38.3 Å². The minimum Gasteiger partial charge on any atom is -0.478 e. The fourth-order valence-corrected chi connectivity index (χ4v) is 3.20. The molecule has 1 aromatic rings. The third kappa shape index (κ3) is 2.93. The van der Waals surface area contributed by atoms with Crippen LogP contribution in [0.2, 0.25) is 0 Å². The molecular weight excluding hydrogens is 312 g/mol. The Hall–Kier alpha value is -2.57. The predicted molar refractivity (Wildman–Crippen MR) is 85.2 cm³/mol. The van der Waals surface area contributed by atoms with Crippen LogP contribution >= 0.6 is 0 Å². The minimum atomic E-state index is -1.04. The van der Waals surface area contributed by atoms with Gasteiger partial charge in [-0.05, 0) is 44.5 Å². The van der Waals surface area contributed by atoms with Crippen LogP contribution in [0.5, 0.6) is 0 Å². The molecule has 0 saturated carbocycles. The van der Waals surface area contributed by atoms with E-state index in [0.717, 1.165) is 0 Å². The van der Waals surface area contributed by atoms with Crippen LogP contribution in [-0.2, 0) is 4.74 Å². The van der Waals surface area contributed by atoms with Crippen molar-refractivity contribution in [1.29, 1.82) is 0 Å². The van der Waals surface area contributed by atoms with Gasteiger partial charge in [-0.3, -0.25) is 4.79 Å². The Bertz CT molecular complexity index is 722. The molecule has 0 bridgehead atoms. The molecule has 2 heterocycles. The Morgan fingerprint density at radius 2 is 2.00 bits per heavy atom. The number of carbonyl (C=O) groups excluding carboxylic acids is 2. The van der Waals surface area contributed by atoms with Crippen molar-refractivity contribution >= 4 is 18.0 Å². The summed E-state index contributed by atoms with van der Waals surface area (Å²) in [5.41, 5.74) is 0.683. The Morgan fingerprint density at radius 1 is 1.29 bits per heavy atom. The van der Waals surface area contributed by atoms with E-state index in [1.54, 1.807) is 25.7 Å². The van der Waals surface area contributed by atoms with E-state index in [-0.39, 0.29) is 23.4 Å². The number of hydrogen-bond acceptors (Lipinski definition) is 4. The van der Waals surface area contributed by atoms with Crippen molar-refractivity contribution in [2.75, 3.05) is 13.1 Å². The number of likely N-dealkylation sites (tertiary alicyclic amines) is 1. The van der Waals surface area contributed by atoms with Crippen LogP contribution < -0.4 is 5.32 Å². The van der Waals surface area contributed by atoms with Crippen LogP contribution in [0.15, 0.2) is 18.2 Å². The monoisotopic (exact) mass is 332 g/mol. The first-order valence-corrected chi connectivity index (χ1v) is 7.82. The number of aromatic carboxylic acids is 1. The van der Waals surface area contributed by atoms with Crippen molar-refractivity contribution in [3.63, 3.8) is 0 Å². The highest BCUT2D eigenvalue weighted by molar-refractivity contribution is 5.99. The normalized spacial score (nSPS) is 22.5. The number of hydrogen-bond donors (Lipinski definition) is 2. The van der Waals surface area contributed by atoms with E-state index < -0.39 is 17.7 Å². The predicted octanol–water partition coefficient (Wildman–Crippen LogP) is 1.83. The maximum Gasteiger partial charge on any atom is 0.410 e. The molecule has 0 spiro atoms. The Labute approximate surface area is 139 Å². The number of ether oxygens (including phenoxy) is 1. The average Bonchev–Trinajstić information content (AvgIpc) is 2.89. The highest BCUT2D eigenvalue weighted by Crippen LogP contribution is 2.35. The zero-order valence-electron chi connectivity index (χ0n) is 13.8. The molecule has 0 radical (unpaired) electrons. The third-order valence-corrected chi connectivity index (χ3v) is 4.23. The number of amides is 2. The first-order chi connectivity index (χ1) is 11.2. The number of carboxylic acid groups (broad SMARTS) is 1. The number of carboxylic acids is 1. The second-order valence-electron chi connectivity index (χ2n) is 7.18. The number of benzene rings is 1. The maximum atomic E-state index is 12.3. The molecule has 1 saturated heterocycles. The molecule has 1 aromatic carbocycles. The smallest absolute Gasteiger partial charge is 0.410 e. The number of rotatable bonds is 1. The van der Waals surface area contributed by atoms with Crippen LogP contribution in [0.4, 0.5) is 4.79 Å². The fourth-order valence-electron chi connectivity index (χ4n) is 3.20. The summed E-state index contributed by atoms with van der Waals surface area (Å²) in [6.45, 7) is 6.12. The molecule has 0 aliphatic carbocycles. The van der Waals surface area contributed by atoms with E-state index in [9.17, 15) is 19.5 Å². The average molecular weight is 332 g/mol. The second kappa shape index (κ2) is 5.51. The maximum absolute atomic E-state index is 12.3. The van der Waals surface area contributed by atoms with Crippen LogP contribution in [-0.4, -0.2) is 52.7 Å². The molecule has 2 aliphatic rings. The molecular formula is C17H20N2O5. The Morgan fingerprint density at radius 3 is 2.62 bits per heavy atom. The first-order valence-electron chi connectivity index (χ1n) is 7.82. The molecule has 2 aliphatic heterocycles. The molecule has 7 heteroatoms. The molecule has 2 N–H and O–H groups in total. The molecule has 0 aromatic heterocycles. The van der Waals surface area contributed by atoms with Gasteiger partial charge < -0.3 is 20.1 Å². The summed E-state index contributed by atoms with van der Waals surface area (Å²) in [6.07, 6.45) is -0.429. The van der Waals surface area contributed by atoms with Crippen LogP contribution in [0, 0.1) is 0 Å². The van der Waals surface area contributed by atoms with Gasteiger partial charge in [0.2, 0.25) is 0 Å². The summed E-state index contributed by atoms with van der Waals surface area (Å²) in [7, 11) is 0. The SMILES string of the molecule is CC(C)(C)OC(=O)N1CC2NC(=O)c3ccc(C(=O)O)cc3C2C1. The summed E-state index contributed by atoms with van der Waals surface area (Å²) >= 11 is 0. The second-order valence-corrected chi connectivity index (χ2v) is 7.18. The molecule has 2 amide bonds. The lowest BCUT2D eigenvalue weighted by Gasteiger charge is -2.27. The lowest BCUT2D eigenvalue weighted by molar-refractivity contribution is 0.0288. The van der Waals surface area contributed by atoms with Crippen LogP contribution in [0.1, 0.15) is 53.0 Å². The van der Waals surface area contributed by atoms with E-state index in [4.69, 9.17) is 4.74 Å². The van der Waals surface area contributed by atoms with Gasteiger partial charge >= 0.3 is 12.1 Å². The summed E-state index contributed by atoms with van der Waals surface area (Å²) in [5.74, 6) is -1.42. The van der Waals surface area contributed by atoms with Crippen LogP contribution in [0.25, 0.3) is 0 Å². The number of carbonyl (C=O) groups is 3. The van der Waals surface area contributed by atoms with Gasteiger partial charge in [-0.25, -0.2) is 9.59 Å². The van der Waals surface area contributed by atoms with Crippen molar-refractivity contribution in [1.82, 2.24) is 10.2 Å². The molecule has 128 valence electrons. The lowest BCUT2D eigenvalue weighted by atomic mass is 9.85. The van der Waals surface area contributed by atoms with Crippen LogP contribution in [0.3, 0.4) is 0 Å². The van der Waals surface area contributed by atoms with Gasteiger partial charge in [0.1, 0.15) is 5.60 Å². The standard InChI is InChI=1S/C17H20N2O5/c1-17(2,3)24-16(23)19-7-12-11-6-9(15(21)22)4-5-10(11)14(20)18-13(12)8-19/h4-6,12-13H,7-8H2,1-3H3,(H,18,20)(H,21,22). The van der Waals surface area contributed by atoms with E-state index in [0.29, 0.717) is 24.2 Å². The zero-order valence-corrected chi connectivity index (χ0v) is 13.8. The zero-order chi connectivity index (χ0) is 17.6. The summed E-state index contributed by atoms with van der Waals surface area (Å²) in [4.78, 5) is 37.3. The quantitative estimate of drug-likeness (QED) is 0.818. The van der Waals surface area contributed by atoms with Crippen molar-refractivity contribution in [2.24, 2.45) is 0 Å². The minimum absolute atomic E-state index is 0.135. The van der Waals surface area contributed by atoms with E-state index >= 15 is 0 Å². The molecule has 3 rings (SSSR count). The molecule has 24 heavy (non-hydrogen) atoms. The Kier molecular flexibility index (Phi) is 3.74. The van der Waals surface area contributed by atoms with Gasteiger partial charge in [0, 0.05) is 24.6 Å². The van der Waals surface area contributed by atoms with Gasteiger partial charge in [-0.2, -0.15) is 0 Å². The first kappa shape index (κ1) is 16.3. The lowest BCUT2D eigenvalue weighted by Crippen LogP contribution is -2.44. The van der Waals surface area contributed by atoms with Crippen molar-refractivity contribution in [3.05, 3.63) is 34.9 Å². The summed E-state index contributed by atoms with van der Waals surface area (Å²) in [5, 5.41) is 12.1. The van der Waals surface area contributed by atoms with Gasteiger partial charge in [0.15, 0.2) is 0 Å². The van der Waals surface area contributed by atoms with E-state index in [1.807, 2.05) is 0 Å². The summed E-state index contributed by atoms with van der Waals surface area (Å²) in [6, 6.07) is 4.25. The number of nitrogens with zero attached hydrogens (tertiary/aromatic N) is 1. The van der Waals surface area contributed by atoms with Crippen molar-refractivity contribution < 1.29 is 24.2 Å². The molecule has 7 nitrogen and oxygen atoms in total. The summed E-state index contributed by atoms with van der Waals surface area (Å²) < 4.78 is 5.38.